The fourth-order valence-corrected chi connectivity index (χ4v) is 2.61. The van der Waals surface area contributed by atoms with Crippen molar-refractivity contribution < 1.29 is 9.53 Å². The van der Waals surface area contributed by atoms with E-state index in [9.17, 15) is 4.79 Å². The van der Waals surface area contributed by atoms with E-state index in [1.165, 1.54) is 11.8 Å². The lowest BCUT2D eigenvalue weighted by molar-refractivity contribution is -0.106. The smallest absolute Gasteiger partial charge is 0.216 e. The second-order valence-electron chi connectivity index (χ2n) is 2.66. The average molecular weight is 224 g/mol. The van der Waals surface area contributed by atoms with Gasteiger partial charge in [0.25, 0.3) is 0 Å². The molecule has 0 N–H and O–H groups in total. The molecular weight excluding hydrogens is 216 g/mol. The van der Waals surface area contributed by atoms with Gasteiger partial charge < -0.3 is 4.74 Å². The summed E-state index contributed by atoms with van der Waals surface area (Å²) in [4.78, 5) is 13.0. The number of ether oxygens (including phenoxy) is 1. The van der Waals surface area contributed by atoms with Gasteiger partial charge >= 0.3 is 0 Å². The summed E-state index contributed by atoms with van der Waals surface area (Å²) in [5.41, 5.74) is 0. The van der Waals surface area contributed by atoms with Gasteiger partial charge in [-0.25, -0.2) is 0 Å². The van der Waals surface area contributed by atoms with Crippen molar-refractivity contribution in [3.8, 4) is 5.06 Å². The fourth-order valence-electron chi connectivity index (χ4n) is 1.07. The number of allylic oxidation sites excluding steroid dienone is 1. The normalized spacial score (nSPS) is 18.1. The Morgan fingerprint density at radius 1 is 1.36 bits per heavy atom. The van der Waals surface area contributed by atoms with Crippen molar-refractivity contribution in [1.29, 1.82) is 0 Å². The van der Waals surface area contributed by atoms with Crippen molar-refractivity contribution in [1.82, 2.24) is 0 Å². The molecule has 0 radical (unpaired) electrons. The lowest BCUT2D eigenvalue weighted by atomic mass is 10.4. The summed E-state index contributed by atoms with van der Waals surface area (Å²) in [6.07, 6.45) is 5.40. The quantitative estimate of drug-likeness (QED) is 0.772. The Kier molecular flexibility index (Phi) is 2.74. The van der Waals surface area contributed by atoms with E-state index >= 15 is 0 Å². The summed E-state index contributed by atoms with van der Waals surface area (Å²) in [7, 11) is 1.65. The molecule has 0 fully saturated rings. The van der Waals surface area contributed by atoms with Gasteiger partial charge in [-0.3, -0.25) is 4.79 Å². The zero-order valence-corrected chi connectivity index (χ0v) is 9.15. The van der Waals surface area contributed by atoms with Crippen molar-refractivity contribution in [2.45, 2.75) is 0 Å². The van der Waals surface area contributed by atoms with Crippen LogP contribution in [0.3, 0.4) is 0 Å². The molecule has 0 saturated heterocycles. The van der Waals surface area contributed by atoms with Gasteiger partial charge in [0.15, 0.2) is 5.06 Å². The van der Waals surface area contributed by atoms with Crippen LogP contribution >= 0.6 is 23.1 Å². The lowest BCUT2D eigenvalue weighted by Gasteiger charge is -1.90. The molecule has 4 heteroatoms. The predicted octanol–water partition coefficient (Wildman–Crippen LogP) is 2.93. The molecule has 2 nitrogen and oxygen atoms in total. The minimum absolute atomic E-state index is 0.0970. The molecule has 72 valence electrons. The van der Waals surface area contributed by atoms with Crippen LogP contribution in [0.1, 0.15) is 4.88 Å². The van der Waals surface area contributed by atoms with Gasteiger partial charge in [0.1, 0.15) is 0 Å². The molecule has 0 spiro atoms. The molecule has 0 unspecified atom stereocenters. The highest BCUT2D eigenvalue weighted by Gasteiger charge is 2.09. The molecular formula is C10H8O2S2. The van der Waals surface area contributed by atoms with E-state index in [4.69, 9.17) is 4.74 Å². The van der Waals surface area contributed by atoms with Crippen LogP contribution in [0.2, 0.25) is 0 Å². The molecule has 0 aliphatic carbocycles. The molecule has 0 aromatic carbocycles. The van der Waals surface area contributed by atoms with Crippen molar-refractivity contribution in [2.24, 2.45) is 0 Å². The number of carbonyl (C=O) groups is 1. The summed E-state index contributed by atoms with van der Waals surface area (Å²) in [5.74, 6) is 0. The van der Waals surface area contributed by atoms with E-state index in [0.29, 0.717) is 0 Å². The van der Waals surface area contributed by atoms with E-state index in [2.05, 4.69) is 0 Å². The van der Waals surface area contributed by atoms with E-state index < -0.39 is 0 Å². The van der Waals surface area contributed by atoms with Crippen LogP contribution in [0.4, 0.5) is 0 Å². The first-order valence-corrected chi connectivity index (χ1v) is 5.66. The zero-order chi connectivity index (χ0) is 9.97. The summed E-state index contributed by atoms with van der Waals surface area (Å²) >= 11 is 2.82. The Labute approximate surface area is 90.3 Å². The second kappa shape index (κ2) is 4.02. The molecule has 14 heavy (non-hydrogen) atoms. The minimum atomic E-state index is 0.0970. The zero-order valence-electron chi connectivity index (χ0n) is 7.52. The molecule has 0 bridgehead atoms. The van der Waals surface area contributed by atoms with Gasteiger partial charge in [-0.05, 0) is 42.1 Å². The maximum absolute atomic E-state index is 10.9. The first-order valence-electron chi connectivity index (χ1n) is 4.03. The third-order valence-electron chi connectivity index (χ3n) is 1.69. The number of thioether (sulfide) groups is 1. The lowest BCUT2D eigenvalue weighted by Crippen LogP contribution is -1.73. The van der Waals surface area contributed by atoms with Gasteiger partial charge in [0, 0.05) is 9.78 Å². The Hall–Kier alpha value is -1.00. The van der Waals surface area contributed by atoms with Crippen molar-refractivity contribution in [2.75, 3.05) is 7.11 Å². The van der Waals surface area contributed by atoms with Crippen LogP contribution < -0.4 is 4.74 Å². The van der Waals surface area contributed by atoms with Crippen LogP contribution in [0.25, 0.3) is 6.08 Å². The van der Waals surface area contributed by atoms with E-state index in [1.807, 2.05) is 24.3 Å². The largest absolute Gasteiger partial charge is 0.487 e. The highest BCUT2D eigenvalue weighted by molar-refractivity contribution is 8.18. The second-order valence-corrected chi connectivity index (χ2v) is 4.82. The number of hydrogen-bond donors (Lipinski definition) is 0. The molecule has 1 aromatic heterocycles. The first kappa shape index (κ1) is 9.55. The molecule has 1 aromatic rings. The monoisotopic (exact) mass is 224 g/mol. The maximum Gasteiger partial charge on any atom is 0.216 e. The SMILES string of the molecule is COc1ccc(/C=C2/C=CC(=O)S2)s1. The predicted molar refractivity (Wildman–Crippen MR) is 60.6 cm³/mol. The van der Waals surface area contributed by atoms with Gasteiger partial charge in [0.05, 0.1) is 7.11 Å². The van der Waals surface area contributed by atoms with Crippen molar-refractivity contribution in [3.63, 3.8) is 0 Å². The van der Waals surface area contributed by atoms with Crippen LogP contribution in [0.15, 0.2) is 29.2 Å². The van der Waals surface area contributed by atoms with Crippen LogP contribution in [0, 0.1) is 0 Å². The van der Waals surface area contributed by atoms with Crippen molar-refractivity contribution >= 4 is 34.3 Å². The van der Waals surface area contributed by atoms with E-state index in [-0.39, 0.29) is 5.12 Å². The number of carbonyl (C=O) groups excluding carboxylic acids is 1. The summed E-state index contributed by atoms with van der Waals surface area (Å²) in [6.45, 7) is 0. The molecule has 0 amide bonds. The molecule has 0 saturated carbocycles. The molecule has 0 atom stereocenters. The maximum atomic E-state index is 10.9. The van der Waals surface area contributed by atoms with E-state index in [0.717, 1.165) is 14.8 Å². The number of rotatable bonds is 2. The summed E-state index contributed by atoms with van der Waals surface area (Å²) < 4.78 is 5.08. The number of methoxy groups -OCH3 is 1. The van der Waals surface area contributed by atoms with Crippen molar-refractivity contribution in [3.05, 3.63) is 34.1 Å². The fraction of sp³-hybridized carbons (Fsp3) is 0.100. The highest BCUT2D eigenvalue weighted by Crippen LogP contribution is 2.31. The molecule has 2 heterocycles. The Balaban J connectivity index is 2.17. The standard InChI is InChI=1S/C10H8O2S2/c1-12-10-5-3-8(14-10)6-7-2-4-9(11)13-7/h2-6H,1H3/b7-6-. The number of thiophene rings is 1. The third kappa shape index (κ3) is 2.08. The molecule has 1 aliphatic rings. The van der Waals surface area contributed by atoms with Gasteiger partial charge in [-0.1, -0.05) is 11.3 Å². The average Bonchev–Trinajstić information content (AvgIpc) is 2.76. The van der Waals surface area contributed by atoms with Crippen LogP contribution in [0.5, 0.6) is 5.06 Å². The van der Waals surface area contributed by atoms with Gasteiger partial charge in [0.2, 0.25) is 5.12 Å². The highest BCUT2D eigenvalue weighted by atomic mass is 32.2. The Morgan fingerprint density at radius 2 is 2.21 bits per heavy atom. The molecule has 2 rings (SSSR count). The summed E-state index contributed by atoms with van der Waals surface area (Å²) in [6, 6.07) is 3.90. The van der Waals surface area contributed by atoms with Crippen LogP contribution in [-0.2, 0) is 4.79 Å². The number of hydrogen-bond acceptors (Lipinski definition) is 4. The summed E-state index contributed by atoms with van der Waals surface area (Å²) in [5, 5.41) is 0.981. The first-order chi connectivity index (χ1) is 6.78. The Bertz CT molecular complexity index is 416. The topological polar surface area (TPSA) is 26.3 Å². The van der Waals surface area contributed by atoms with E-state index in [1.54, 1.807) is 24.5 Å². The third-order valence-corrected chi connectivity index (χ3v) is 3.51. The Morgan fingerprint density at radius 3 is 2.79 bits per heavy atom. The molecule has 1 aliphatic heterocycles. The van der Waals surface area contributed by atoms with Gasteiger partial charge in [-0.2, -0.15) is 0 Å². The van der Waals surface area contributed by atoms with Gasteiger partial charge in [-0.15, -0.1) is 0 Å². The van der Waals surface area contributed by atoms with Crippen LogP contribution in [-0.4, -0.2) is 12.2 Å². The minimum Gasteiger partial charge on any atom is -0.487 e.